The Hall–Kier alpha value is -1.59. The predicted octanol–water partition coefficient (Wildman–Crippen LogP) is 4.49. The van der Waals surface area contributed by atoms with Crippen LogP contribution in [0.15, 0.2) is 46.8 Å². The summed E-state index contributed by atoms with van der Waals surface area (Å²) in [6, 6.07) is 12.3. The number of thiophene rings is 1. The van der Waals surface area contributed by atoms with E-state index in [0.717, 1.165) is 40.9 Å². The Morgan fingerprint density at radius 3 is 2.70 bits per heavy atom. The van der Waals surface area contributed by atoms with Crippen LogP contribution in [0.4, 0.5) is 5.69 Å². The van der Waals surface area contributed by atoms with Crippen LogP contribution in [0.1, 0.15) is 28.6 Å². The molecule has 0 saturated carbocycles. The maximum Gasteiger partial charge on any atom is 0.192 e. The van der Waals surface area contributed by atoms with Crippen molar-refractivity contribution in [1.82, 2.24) is 0 Å². The Labute approximate surface area is 145 Å². The molecule has 0 aliphatic carbocycles. The minimum absolute atomic E-state index is 0.147. The van der Waals surface area contributed by atoms with Crippen LogP contribution in [0.3, 0.4) is 0 Å². The van der Waals surface area contributed by atoms with Gasteiger partial charge in [-0.3, -0.25) is 9.79 Å². The number of aliphatic imine (C=N–C) groups is 1. The minimum atomic E-state index is 0.147. The molecule has 0 radical (unpaired) electrons. The Balaban J connectivity index is 1.86. The molecular formula is C18H20N2OS2. The maximum absolute atomic E-state index is 12.6. The van der Waals surface area contributed by atoms with Gasteiger partial charge in [-0.25, -0.2) is 0 Å². The summed E-state index contributed by atoms with van der Waals surface area (Å²) in [5.74, 6) is 1.21. The number of ketones is 1. The summed E-state index contributed by atoms with van der Waals surface area (Å²) in [5, 5.41) is 2.91. The van der Waals surface area contributed by atoms with Gasteiger partial charge in [-0.05, 0) is 42.0 Å². The van der Waals surface area contributed by atoms with Crippen molar-refractivity contribution >= 4 is 39.7 Å². The van der Waals surface area contributed by atoms with Gasteiger partial charge in [0.2, 0.25) is 0 Å². The molecule has 1 aliphatic heterocycles. The van der Waals surface area contributed by atoms with Gasteiger partial charge < -0.3 is 4.90 Å². The molecule has 0 spiro atoms. The molecule has 120 valence electrons. The average molecular weight is 345 g/mol. The molecular weight excluding hydrogens is 324 g/mol. The zero-order valence-corrected chi connectivity index (χ0v) is 14.8. The number of amidine groups is 1. The highest BCUT2D eigenvalue weighted by atomic mass is 32.2. The van der Waals surface area contributed by atoms with Crippen LogP contribution in [0.5, 0.6) is 0 Å². The predicted molar refractivity (Wildman–Crippen MR) is 101 cm³/mol. The first-order valence-corrected chi connectivity index (χ1v) is 9.75. The summed E-state index contributed by atoms with van der Waals surface area (Å²) >= 11 is 3.24. The Bertz CT molecular complexity index is 678. The second-order valence-corrected chi connectivity index (χ2v) is 7.38. The first-order valence-electron chi connectivity index (χ1n) is 7.88. The number of hydrogen-bond donors (Lipinski definition) is 0. The van der Waals surface area contributed by atoms with Crippen molar-refractivity contribution in [3.8, 4) is 0 Å². The highest BCUT2D eigenvalue weighted by Crippen LogP contribution is 2.24. The monoisotopic (exact) mass is 344 g/mol. The van der Waals surface area contributed by atoms with Crippen molar-refractivity contribution in [3.63, 3.8) is 0 Å². The van der Waals surface area contributed by atoms with Crippen molar-refractivity contribution < 1.29 is 4.79 Å². The molecule has 23 heavy (non-hydrogen) atoms. The van der Waals surface area contributed by atoms with Gasteiger partial charge in [0, 0.05) is 18.0 Å². The molecule has 3 rings (SSSR count). The summed E-state index contributed by atoms with van der Waals surface area (Å²) < 4.78 is 0. The van der Waals surface area contributed by atoms with Crippen molar-refractivity contribution in [2.45, 2.75) is 19.8 Å². The van der Waals surface area contributed by atoms with E-state index >= 15 is 0 Å². The standard InChI is InChI=1S/C18H20N2OS2/c1-2-14-6-8-15(9-7-14)20(18-19-10-4-12-23-18)13-16(21)17-5-3-11-22-17/h3,5-9,11H,2,4,10,12-13H2,1H3. The van der Waals surface area contributed by atoms with E-state index in [1.54, 1.807) is 11.8 Å². The van der Waals surface area contributed by atoms with Gasteiger partial charge >= 0.3 is 0 Å². The number of Topliss-reactive ketones (excluding diaryl/α,β-unsaturated/α-hetero) is 1. The van der Waals surface area contributed by atoms with Crippen LogP contribution >= 0.6 is 23.1 Å². The molecule has 0 amide bonds. The zero-order valence-electron chi connectivity index (χ0n) is 13.2. The molecule has 0 N–H and O–H groups in total. The van der Waals surface area contributed by atoms with Gasteiger partial charge in [0.25, 0.3) is 0 Å². The van der Waals surface area contributed by atoms with Crippen LogP contribution < -0.4 is 4.90 Å². The number of hydrogen-bond acceptors (Lipinski definition) is 5. The molecule has 2 aromatic rings. The fourth-order valence-electron chi connectivity index (χ4n) is 2.45. The average Bonchev–Trinajstić information content (AvgIpc) is 3.15. The SMILES string of the molecule is CCc1ccc(N(CC(=O)c2cccs2)C2=NCCCS2)cc1. The normalized spacial score (nSPS) is 14.4. The minimum Gasteiger partial charge on any atom is -0.313 e. The Morgan fingerprint density at radius 2 is 2.09 bits per heavy atom. The topological polar surface area (TPSA) is 32.7 Å². The van der Waals surface area contributed by atoms with Gasteiger partial charge in [0.05, 0.1) is 11.4 Å². The number of rotatable bonds is 5. The molecule has 1 aromatic carbocycles. The number of carbonyl (C=O) groups is 1. The third kappa shape index (κ3) is 4.03. The molecule has 5 heteroatoms. The van der Waals surface area contributed by atoms with E-state index in [1.807, 2.05) is 17.5 Å². The van der Waals surface area contributed by atoms with Crippen LogP contribution in [0.25, 0.3) is 0 Å². The van der Waals surface area contributed by atoms with E-state index < -0.39 is 0 Å². The highest BCUT2D eigenvalue weighted by Gasteiger charge is 2.20. The summed E-state index contributed by atoms with van der Waals surface area (Å²) in [6.45, 7) is 3.34. The van der Waals surface area contributed by atoms with Crippen molar-refractivity contribution in [2.24, 2.45) is 4.99 Å². The third-order valence-electron chi connectivity index (χ3n) is 3.77. The quantitative estimate of drug-likeness (QED) is 0.749. The van der Waals surface area contributed by atoms with Crippen molar-refractivity contribution in [2.75, 3.05) is 23.7 Å². The molecule has 0 unspecified atom stereocenters. The van der Waals surface area contributed by atoms with E-state index in [4.69, 9.17) is 0 Å². The number of benzene rings is 1. The van der Waals surface area contributed by atoms with Crippen LogP contribution in [-0.4, -0.2) is 29.8 Å². The van der Waals surface area contributed by atoms with Crippen molar-refractivity contribution in [3.05, 3.63) is 52.2 Å². The number of thioether (sulfide) groups is 1. The number of aryl methyl sites for hydroxylation is 1. The molecule has 0 atom stereocenters. The third-order valence-corrected chi connectivity index (χ3v) is 5.78. The Morgan fingerprint density at radius 1 is 1.26 bits per heavy atom. The van der Waals surface area contributed by atoms with Crippen LogP contribution in [0.2, 0.25) is 0 Å². The highest BCUT2D eigenvalue weighted by molar-refractivity contribution is 8.14. The molecule has 0 bridgehead atoms. The van der Waals surface area contributed by atoms with E-state index in [9.17, 15) is 4.79 Å². The smallest absolute Gasteiger partial charge is 0.192 e. The molecule has 3 nitrogen and oxygen atoms in total. The second kappa shape index (κ2) is 7.79. The van der Waals surface area contributed by atoms with Gasteiger partial charge in [-0.2, -0.15) is 0 Å². The lowest BCUT2D eigenvalue weighted by atomic mass is 10.1. The van der Waals surface area contributed by atoms with Crippen molar-refractivity contribution in [1.29, 1.82) is 0 Å². The number of carbonyl (C=O) groups excluding carboxylic acids is 1. The largest absolute Gasteiger partial charge is 0.313 e. The second-order valence-electron chi connectivity index (χ2n) is 5.37. The van der Waals surface area contributed by atoms with E-state index in [0.29, 0.717) is 6.54 Å². The maximum atomic E-state index is 12.6. The molecule has 1 aliphatic rings. The van der Waals surface area contributed by atoms with E-state index in [1.165, 1.54) is 16.9 Å². The fraction of sp³-hybridized carbons (Fsp3) is 0.333. The fourth-order valence-corrected chi connectivity index (χ4v) is 4.07. The molecule has 0 fully saturated rings. The van der Waals surface area contributed by atoms with Gasteiger partial charge in [-0.1, -0.05) is 36.9 Å². The number of anilines is 1. The lowest BCUT2D eigenvalue weighted by molar-refractivity contribution is 0.101. The lowest BCUT2D eigenvalue weighted by Crippen LogP contribution is -2.35. The zero-order chi connectivity index (χ0) is 16.1. The summed E-state index contributed by atoms with van der Waals surface area (Å²) in [5.41, 5.74) is 2.34. The lowest BCUT2D eigenvalue weighted by Gasteiger charge is -2.27. The first kappa shape index (κ1) is 16.3. The van der Waals surface area contributed by atoms with Crippen LogP contribution in [-0.2, 0) is 6.42 Å². The summed E-state index contributed by atoms with van der Waals surface area (Å²) in [7, 11) is 0. The molecule has 0 saturated heterocycles. The molecule has 2 heterocycles. The summed E-state index contributed by atoms with van der Waals surface area (Å²) in [6.07, 6.45) is 2.12. The van der Waals surface area contributed by atoms with Gasteiger partial charge in [0.1, 0.15) is 0 Å². The van der Waals surface area contributed by atoms with E-state index in [2.05, 4.69) is 41.1 Å². The summed E-state index contributed by atoms with van der Waals surface area (Å²) in [4.78, 5) is 20.1. The molecule has 1 aromatic heterocycles. The van der Waals surface area contributed by atoms with E-state index in [-0.39, 0.29) is 5.78 Å². The van der Waals surface area contributed by atoms with Gasteiger partial charge in [-0.15, -0.1) is 11.3 Å². The Kier molecular flexibility index (Phi) is 5.51. The first-order chi connectivity index (χ1) is 11.3. The van der Waals surface area contributed by atoms with Crippen LogP contribution in [0, 0.1) is 0 Å². The number of nitrogens with zero attached hydrogens (tertiary/aromatic N) is 2. The van der Waals surface area contributed by atoms with Gasteiger partial charge in [0.15, 0.2) is 11.0 Å².